The molecule has 0 N–H and O–H groups in total. The molecule has 0 saturated carbocycles. The molecule has 1 fully saturated rings. The van der Waals surface area contributed by atoms with Crippen LogP contribution in [-0.4, -0.2) is 51.3 Å². The van der Waals surface area contributed by atoms with E-state index in [1.165, 1.54) is 23.5 Å². The maximum Gasteiger partial charge on any atom is 0.292 e. The summed E-state index contributed by atoms with van der Waals surface area (Å²) in [7, 11) is 0. The van der Waals surface area contributed by atoms with E-state index in [-0.39, 0.29) is 16.5 Å². The number of hydrogen-bond acceptors (Lipinski definition) is 6. The van der Waals surface area contributed by atoms with Crippen molar-refractivity contribution in [3.63, 3.8) is 0 Å². The average molecular weight is 418 g/mol. The van der Waals surface area contributed by atoms with E-state index in [0.29, 0.717) is 42.7 Å². The standard InChI is InChI=1S/C18H16ClN5O3S/c19-17-15(23-11-12-28-18(23)20-17)5-6-16(25)22-9-7-21(8-10-22)13-3-1-2-4-14(13)24(26)27/h1-6,11-12H,7-10H2/b6-5+. The summed E-state index contributed by atoms with van der Waals surface area (Å²) in [5.74, 6) is -0.122. The number of carbonyl (C=O) groups excluding carboxylic acids is 1. The van der Waals surface area contributed by atoms with Crippen LogP contribution in [0.5, 0.6) is 0 Å². The Bertz CT molecular complexity index is 1070. The van der Waals surface area contributed by atoms with Crippen LogP contribution in [0.25, 0.3) is 11.0 Å². The number of hydrogen-bond donors (Lipinski definition) is 0. The predicted octanol–water partition coefficient (Wildman–Crippen LogP) is 3.32. The van der Waals surface area contributed by atoms with Gasteiger partial charge in [0, 0.05) is 49.9 Å². The monoisotopic (exact) mass is 417 g/mol. The number of nitro groups is 1. The lowest BCUT2D eigenvalue weighted by molar-refractivity contribution is -0.384. The van der Waals surface area contributed by atoms with Gasteiger partial charge in [-0.05, 0) is 12.1 Å². The molecule has 144 valence electrons. The average Bonchev–Trinajstić information content (AvgIpc) is 3.27. The fourth-order valence-corrected chi connectivity index (χ4v) is 4.24. The third kappa shape index (κ3) is 3.46. The van der Waals surface area contributed by atoms with Crippen LogP contribution in [-0.2, 0) is 4.79 Å². The molecule has 3 aromatic rings. The maximum absolute atomic E-state index is 12.5. The minimum Gasteiger partial charge on any atom is -0.362 e. The number of fused-ring (bicyclic) bond motifs is 1. The first kappa shape index (κ1) is 18.5. The van der Waals surface area contributed by atoms with Gasteiger partial charge in [-0.15, -0.1) is 11.3 Å². The molecule has 4 rings (SSSR count). The molecule has 3 heterocycles. The Labute approximate surface area is 169 Å². The number of carbonyl (C=O) groups is 1. The van der Waals surface area contributed by atoms with Gasteiger partial charge in [-0.2, -0.15) is 0 Å². The number of nitro benzene ring substituents is 1. The molecule has 1 aromatic carbocycles. The molecule has 0 aliphatic carbocycles. The van der Waals surface area contributed by atoms with E-state index in [2.05, 4.69) is 4.98 Å². The number of halogens is 1. The Hall–Kier alpha value is -2.91. The number of benzene rings is 1. The Balaban J connectivity index is 1.43. The second-order valence-electron chi connectivity index (χ2n) is 6.23. The topological polar surface area (TPSA) is 84.0 Å². The van der Waals surface area contributed by atoms with Gasteiger partial charge in [0.05, 0.1) is 10.6 Å². The zero-order chi connectivity index (χ0) is 19.7. The number of amides is 1. The number of anilines is 1. The van der Waals surface area contributed by atoms with Crippen molar-refractivity contribution in [2.24, 2.45) is 0 Å². The minimum atomic E-state index is -0.379. The molecular formula is C18H16ClN5O3S. The van der Waals surface area contributed by atoms with Crippen LogP contribution in [0.4, 0.5) is 11.4 Å². The minimum absolute atomic E-state index is 0.0809. The van der Waals surface area contributed by atoms with Gasteiger partial charge >= 0.3 is 0 Å². The quantitative estimate of drug-likeness (QED) is 0.369. The van der Waals surface area contributed by atoms with E-state index in [1.54, 1.807) is 29.2 Å². The van der Waals surface area contributed by atoms with Crippen molar-refractivity contribution >= 4 is 51.3 Å². The summed E-state index contributed by atoms with van der Waals surface area (Å²) in [4.78, 5) is 32.1. The Morgan fingerprint density at radius 2 is 2.00 bits per heavy atom. The smallest absolute Gasteiger partial charge is 0.292 e. The van der Waals surface area contributed by atoms with Crippen LogP contribution in [0.3, 0.4) is 0 Å². The summed E-state index contributed by atoms with van der Waals surface area (Å²) < 4.78 is 1.84. The van der Waals surface area contributed by atoms with Gasteiger partial charge in [0.2, 0.25) is 5.91 Å². The lowest BCUT2D eigenvalue weighted by Crippen LogP contribution is -2.48. The third-order valence-corrected chi connectivity index (χ3v) is 5.68. The van der Waals surface area contributed by atoms with Gasteiger partial charge in [0.1, 0.15) is 5.69 Å². The van der Waals surface area contributed by atoms with Gasteiger partial charge in [-0.25, -0.2) is 4.98 Å². The maximum atomic E-state index is 12.5. The van der Waals surface area contributed by atoms with Gasteiger partial charge < -0.3 is 9.80 Å². The van der Waals surface area contributed by atoms with E-state index < -0.39 is 0 Å². The van der Waals surface area contributed by atoms with E-state index >= 15 is 0 Å². The van der Waals surface area contributed by atoms with Gasteiger partial charge in [-0.1, -0.05) is 23.7 Å². The van der Waals surface area contributed by atoms with Crippen LogP contribution in [0.15, 0.2) is 41.9 Å². The number of imidazole rings is 1. The molecule has 8 nitrogen and oxygen atoms in total. The molecule has 10 heteroatoms. The van der Waals surface area contributed by atoms with Crippen molar-refractivity contribution in [2.75, 3.05) is 31.1 Å². The second kappa shape index (κ2) is 7.61. The molecule has 1 amide bonds. The van der Waals surface area contributed by atoms with Crippen molar-refractivity contribution in [2.45, 2.75) is 0 Å². The van der Waals surface area contributed by atoms with Crippen LogP contribution in [0, 0.1) is 10.1 Å². The molecule has 28 heavy (non-hydrogen) atoms. The first-order valence-corrected chi connectivity index (χ1v) is 9.87. The van der Waals surface area contributed by atoms with Crippen molar-refractivity contribution in [3.05, 3.63) is 62.9 Å². The summed E-state index contributed by atoms with van der Waals surface area (Å²) >= 11 is 7.61. The lowest BCUT2D eigenvalue weighted by atomic mass is 10.2. The lowest BCUT2D eigenvalue weighted by Gasteiger charge is -2.35. The summed E-state index contributed by atoms with van der Waals surface area (Å²) in [6.07, 6.45) is 5.02. The predicted molar refractivity (Wildman–Crippen MR) is 109 cm³/mol. The van der Waals surface area contributed by atoms with E-state index in [1.807, 2.05) is 20.9 Å². The van der Waals surface area contributed by atoms with Gasteiger partial charge in [-0.3, -0.25) is 19.3 Å². The molecule has 2 aromatic heterocycles. The number of rotatable bonds is 4. The molecule has 0 spiro atoms. The van der Waals surface area contributed by atoms with Crippen LogP contribution >= 0.6 is 22.9 Å². The first-order valence-electron chi connectivity index (χ1n) is 8.61. The van der Waals surface area contributed by atoms with Gasteiger partial charge in [0.25, 0.3) is 5.69 Å². The van der Waals surface area contributed by atoms with Crippen molar-refractivity contribution in [3.8, 4) is 0 Å². The SMILES string of the molecule is O=C(/C=C/c1c(Cl)nc2sccn12)N1CCN(c2ccccc2[N+](=O)[O-])CC1. The molecule has 1 saturated heterocycles. The summed E-state index contributed by atoms with van der Waals surface area (Å²) in [6, 6.07) is 6.67. The number of para-hydroxylation sites is 2. The fourth-order valence-electron chi connectivity index (χ4n) is 3.24. The zero-order valence-electron chi connectivity index (χ0n) is 14.7. The summed E-state index contributed by atoms with van der Waals surface area (Å²) in [6.45, 7) is 2.05. The Kier molecular flexibility index (Phi) is 5.01. The highest BCUT2D eigenvalue weighted by molar-refractivity contribution is 7.15. The molecule has 1 aliphatic heterocycles. The van der Waals surface area contributed by atoms with Crippen LogP contribution < -0.4 is 4.90 Å². The van der Waals surface area contributed by atoms with E-state index in [9.17, 15) is 14.9 Å². The first-order chi connectivity index (χ1) is 13.5. The largest absolute Gasteiger partial charge is 0.362 e. The summed E-state index contributed by atoms with van der Waals surface area (Å²) in [5, 5.41) is 13.5. The molecule has 0 bridgehead atoms. The van der Waals surface area contributed by atoms with Crippen LogP contribution in [0.1, 0.15) is 5.69 Å². The van der Waals surface area contributed by atoms with Crippen molar-refractivity contribution in [1.82, 2.24) is 14.3 Å². The second-order valence-corrected chi connectivity index (χ2v) is 7.47. The number of nitrogens with zero attached hydrogens (tertiary/aromatic N) is 5. The molecule has 0 unspecified atom stereocenters. The van der Waals surface area contributed by atoms with Gasteiger partial charge in [0.15, 0.2) is 10.1 Å². The number of aromatic nitrogens is 2. The Morgan fingerprint density at radius 1 is 1.25 bits per heavy atom. The molecular weight excluding hydrogens is 402 g/mol. The summed E-state index contributed by atoms with van der Waals surface area (Å²) in [5.41, 5.74) is 1.34. The Morgan fingerprint density at radius 3 is 2.75 bits per heavy atom. The van der Waals surface area contributed by atoms with E-state index in [0.717, 1.165) is 4.96 Å². The highest BCUT2D eigenvalue weighted by Gasteiger charge is 2.24. The van der Waals surface area contributed by atoms with Crippen LogP contribution in [0.2, 0.25) is 5.15 Å². The number of thiazole rings is 1. The fraction of sp³-hybridized carbons (Fsp3) is 0.222. The van der Waals surface area contributed by atoms with Crippen molar-refractivity contribution in [1.29, 1.82) is 0 Å². The van der Waals surface area contributed by atoms with E-state index in [4.69, 9.17) is 11.6 Å². The molecule has 0 radical (unpaired) electrons. The highest BCUT2D eigenvalue weighted by atomic mass is 35.5. The van der Waals surface area contributed by atoms with Crippen molar-refractivity contribution < 1.29 is 9.72 Å². The number of piperazine rings is 1. The normalized spacial score (nSPS) is 14.9. The third-order valence-electron chi connectivity index (χ3n) is 4.65. The molecule has 1 aliphatic rings. The zero-order valence-corrected chi connectivity index (χ0v) is 16.3. The molecule has 0 atom stereocenters. The highest BCUT2D eigenvalue weighted by Crippen LogP contribution is 2.28.